The van der Waals surface area contributed by atoms with Crippen LogP contribution in [0.5, 0.6) is 0 Å². The van der Waals surface area contributed by atoms with Crippen LogP contribution >= 0.6 is 12.2 Å². The van der Waals surface area contributed by atoms with E-state index in [4.69, 9.17) is 5.73 Å². The topological polar surface area (TPSA) is 90.0 Å². The summed E-state index contributed by atoms with van der Waals surface area (Å²) in [5.41, 5.74) is 6.03. The van der Waals surface area contributed by atoms with Gasteiger partial charge in [-0.25, -0.2) is 8.42 Å². The molecule has 0 bridgehead atoms. The molecule has 1 aromatic heterocycles. The smallest absolute Gasteiger partial charge is 0.243 e. The second-order valence-corrected chi connectivity index (χ2v) is 5.96. The van der Waals surface area contributed by atoms with E-state index < -0.39 is 15.3 Å². The SMILES string of the molecule is Cc1cc(NS(=O)(=O)C(C)C(N)=S)n(C)n1. The largest absolute Gasteiger partial charge is 0.392 e. The fourth-order valence-corrected chi connectivity index (χ4v) is 2.44. The first-order chi connectivity index (χ1) is 7.24. The molecule has 3 N–H and O–H groups in total. The molecule has 1 rings (SSSR count). The van der Waals surface area contributed by atoms with Crippen LogP contribution in [0, 0.1) is 6.92 Å². The summed E-state index contributed by atoms with van der Waals surface area (Å²) in [5.74, 6) is 0.389. The number of aryl methyl sites for hydroxylation is 2. The third-order valence-electron chi connectivity index (χ3n) is 2.11. The first-order valence-electron chi connectivity index (χ1n) is 4.55. The maximum absolute atomic E-state index is 11.8. The average molecular weight is 262 g/mol. The third kappa shape index (κ3) is 2.70. The number of rotatable bonds is 4. The third-order valence-corrected chi connectivity index (χ3v) is 4.30. The molecule has 1 atom stereocenters. The van der Waals surface area contributed by atoms with E-state index >= 15 is 0 Å². The van der Waals surface area contributed by atoms with Crippen LogP contribution in [0.15, 0.2) is 6.07 Å². The summed E-state index contributed by atoms with van der Waals surface area (Å²) in [6, 6.07) is 1.63. The average Bonchev–Trinajstić information content (AvgIpc) is 2.43. The Morgan fingerprint density at radius 2 is 2.25 bits per heavy atom. The van der Waals surface area contributed by atoms with E-state index in [2.05, 4.69) is 22.0 Å². The summed E-state index contributed by atoms with van der Waals surface area (Å²) >= 11 is 4.66. The van der Waals surface area contributed by atoms with Crippen LogP contribution in [0.2, 0.25) is 0 Å². The van der Waals surface area contributed by atoms with E-state index in [1.54, 1.807) is 20.0 Å². The molecule has 0 aliphatic carbocycles. The fourth-order valence-electron chi connectivity index (χ4n) is 1.09. The summed E-state index contributed by atoms with van der Waals surface area (Å²) in [7, 11) is -1.95. The van der Waals surface area contributed by atoms with Gasteiger partial charge in [0.2, 0.25) is 10.0 Å². The molecule has 1 unspecified atom stereocenters. The van der Waals surface area contributed by atoms with Crippen molar-refractivity contribution in [2.75, 3.05) is 4.72 Å². The van der Waals surface area contributed by atoms with Crippen molar-refractivity contribution >= 4 is 33.0 Å². The Hall–Kier alpha value is -1.15. The molecular formula is C8H14N4O2S2. The van der Waals surface area contributed by atoms with Gasteiger partial charge in [0.25, 0.3) is 0 Å². The highest BCUT2D eigenvalue weighted by atomic mass is 32.2. The number of hydrogen-bond donors (Lipinski definition) is 2. The predicted molar refractivity (Wildman–Crippen MR) is 66.7 cm³/mol. The summed E-state index contributed by atoms with van der Waals surface area (Å²) in [6.45, 7) is 3.21. The minimum absolute atomic E-state index is 0.0635. The van der Waals surface area contributed by atoms with E-state index in [0.717, 1.165) is 5.69 Å². The van der Waals surface area contributed by atoms with Crippen molar-refractivity contribution in [1.82, 2.24) is 9.78 Å². The molecule has 0 saturated heterocycles. The quantitative estimate of drug-likeness (QED) is 0.754. The lowest BCUT2D eigenvalue weighted by atomic mass is 10.5. The number of nitrogens with one attached hydrogen (secondary N) is 1. The molecular weight excluding hydrogens is 248 g/mol. The van der Waals surface area contributed by atoms with Crippen molar-refractivity contribution in [3.63, 3.8) is 0 Å². The standard InChI is InChI=1S/C8H14N4O2S2/c1-5-4-7(12(3)10-5)11-16(13,14)6(2)8(9)15/h4,6,11H,1-3H3,(H2,9,15). The lowest BCUT2D eigenvalue weighted by Crippen LogP contribution is -2.36. The van der Waals surface area contributed by atoms with Crippen molar-refractivity contribution < 1.29 is 8.42 Å². The number of nitrogens with two attached hydrogens (primary N) is 1. The minimum Gasteiger partial charge on any atom is -0.392 e. The van der Waals surface area contributed by atoms with Crippen molar-refractivity contribution in [1.29, 1.82) is 0 Å². The molecule has 16 heavy (non-hydrogen) atoms. The molecule has 0 amide bonds. The number of anilines is 1. The van der Waals surface area contributed by atoms with Crippen LogP contribution in [-0.4, -0.2) is 28.4 Å². The monoisotopic (exact) mass is 262 g/mol. The molecule has 0 fully saturated rings. The van der Waals surface area contributed by atoms with Crippen LogP contribution in [0.1, 0.15) is 12.6 Å². The predicted octanol–water partition coefficient (Wildman–Crippen LogP) is 0.145. The van der Waals surface area contributed by atoms with Gasteiger partial charge in [0.05, 0.1) is 10.7 Å². The van der Waals surface area contributed by atoms with Gasteiger partial charge in [0.15, 0.2) is 0 Å². The van der Waals surface area contributed by atoms with Gasteiger partial charge in [0, 0.05) is 13.1 Å². The zero-order valence-electron chi connectivity index (χ0n) is 9.26. The summed E-state index contributed by atoms with van der Waals surface area (Å²) in [4.78, 5) is -0.0635. The highest BCUT2D eigenvalue weighted by molar-refractivity contribution is 7.95. The zero-order chi connectivity index (χ0) is 12.5. The second kappa shape index (κ2) is 4.38. The molecule has 0 aliphatic rings. The Kier molecular flexibility index (Phi) is 3.54. The summed E-state index contributed by atoms with van der Waals surface area (Å²) in [5, 5.41) is 3.11. The highest BCUT2D eigenvalue weighted by Crippen LogP contribution is 2.12. The molecule has 6 nitrogen and oxygen atoms in total. The maximum Gasteiger partial charge on any atom is 0.243 e. The number of sulfonamides is 1. The molecule has 0 aromatic carbocycles. The Labute approximate surface area is 99.9 Å². The van der Waals surface area contributed by atoms with Gasteiger partial charge in [-0.2, -0.15) is 5.10 Å². The molecule has 8 heteroatoms. The Morgan fingerprint density at radius 1 is 1.69 bits per heavy atom. The van der Waals surface area contributed by atoms with Gasteiger partial charge in [-0.05, 0) is 13.8 Å². The van der Waals surface area contributed by atoms with Gasteiger partial charge < -0.3 is 5.73 Å². The molecule has 0 spiro atoms. The Bertz CT molecular complexity index is 506. The molecule has 0 aliphatic heterocycles. The minimum atomic E-state index is -3.60. The van der Waals surface area contributed by atoms with Crippen molar-refractivity contribution in [2.24, 2.45) is 12.8 Å². The van der Waals surface area contributed by atoms with Gasteiger partial charge >= 0.3 is 0 Å². The van der Waals surface area contributed by atoms with Crippen LogP contribution in [0.4, 0.5) is 5.82 Å². The number of hydrogen-bond acceptors (Lipinski definition) is 4. The number of nitrogens with zero attached hydrogens (tertiary/aromatic N) is 2. The van der Waals surface area contributed by atoms with Crippen LogP contribution in [0.25, 0.3) is 0 Å². The maximum atomic E-state index is 11.8. The summed E-state index contributed by atoms with van der Waals surface area (Å²) < 4.78 is 27.4. The van der Waals surface area contributed by atoms with Gasteiger partial charge in [0.1, 0.15) is 11.1 Å². The molecule has 90 valence electrons. The first kappa shape index (κ1) is 12.9. The van der Waals surface area contributed by atoms with E-state index in [1.165, 1.54) is 11.6 Å². The lowest BCUT2D eigenvalue weighted by molar-refractivity contribution is 0.597. The van der Waals surface area contributed by atoms with Crippen LogP contribution < -0.4 is 10.5 Å². The van der Waals surface area contributed by atoms with Gasteiger partial charge in [-0.1, -0.05) is 12.2 Å². The Balaban J connectivity index is 2.97. The van der Waals surface area contributed by atoms with Gasteiger partial charge in [-0.3, -0.25) is 9.40 Å². The zero-order valence-corrected chi connectivity index (χ0v) is 10.9. The lowest BCUT2D eigenvalue weighted by Gasteiger charge is -2.13. The number of aromatic nitrogens is 2. The van der Waals surface area contributed by atoms with E-state index in [1.807, 2.05) is 0 Å². The van der Waals surface area contributed by atoms with Crippen LogP contribution in [-0.2, 0) is 17.1 Å². The highest BCUT2D eigenvalue weighted by Gasteiger charge is 2.24. The van der Waals surface area contributed by atoms with Crippen LogP contribution in [0.3, 0.4) is 0 Å². The molecule has 1 heterocycles. The van der Waals surface area contributed by atoms with E-state index in [0.29, 0.717) is 5.82 Å². The second-order valence-electron chi connectivity index (χ2n) is 3.49. The van der Waals surface area contributed by atoms with Gasteiger partial charge in [-0.15, -0.1) is 0 Å². The molecule has 1 aromatic rings. The normalized spacial score (nSPS) is 13.4. The van der Waals surface area contributed by atoms with Crippen molar-refractivity contribution in [2.45, 2.75) is 19.1 Å². The molecule has 0 saturated carbocycles. The number of thiocarbonyl (C=S) groups is 1. The fraction of sp³-hybridized carbons (Fsp3) is 0.500. The Morgan fingerprint density at radius 3 is 2.62 bits per heavy atom. The van der Waals surface area contributed by atoms with E-state index in [9.17, 15) is 8.42 Å². The van der Waals surface area contributed by atoms with E-state index in [-0.39, 0.29) is 4.99 Å². The molecule has 0 radical (unpaired) electrons. The van der Waals surface area contributed by atoms with Crippen molar-refractivity contribution in [3.05, 3.63) is 11.8 Å². The van der Waals surface area contributed by atoms with Crippen molar-refractivity contribution in [3.8, 4) is 0 Å². The first-order valence-corrected chi connectivity index (χ1v) is 6.51. The summed E-state index contributed by atoms with van der Waals surface area (Å²) in [6.07, 6.45) is 0.